The molecule has 1 saturated heterocycles. The number of carbonyl (C=O) groups is 2. The van der Waals surface area contributed by atoms with Crippen LogP contribution in [-0.2, 0) is 14.8 Å². The van der Waals surface area contributed by atoms with Crippen LogP contribution >= 0.6 is 0 Å². The number of aldehydes is 1. The van der Waals surface area contributed by atoms with Crippen molar-refractivity contribution in [3.63, 3.8) is 0 Å². The van der Waals surface area contributed by atoms with E-state index in [4.69, 9.17) is 0 Å². The number of Topliss-reactive ketones (excluding diaryl/α,β-unsaturated/α-hetero) is 1. The second-order valence-corrected chi connectivity index (χ2v) is 8.63. The minimum absolute atomic E-state index is 0.0722. The van der Waals surface area contributed by atoms with Gasteiger partial charge in [-0.15, -0.1) is 0 Å². The molecule has 3 rings (SSSR count). The largest absolute Gasteiger partial charge is 0.303 e. The molecule has 5 nitrogen and oxygen atoms in total. The lowest BCUT2D eigenvalue weighted by molar-refractivity contribution is -0.111. The maximum Gasteiger partial charge on any atom is 0.243 e. The number of nitrogens with zero attached hydrogens (tertiary/aromatic N) is 1. The molecule has 0 N–H and O–H groups in total. The van der Waals surface area contributed by atoms with Gasteiger partial charge in [0.15, 0.2) is 5.78 Å². The Morgan fingerprint density at radius 1 is 1.08 bits per heavy atom. The molecule has 0 spiro atoms. The van der Waals surface area contributed by atoms with Crippen LogP contribution in [0.3, 0.4) is 0 Å². The Bertz CT molecular complexity index is 891. The van der Waals surface area contributed by atoms with Crippen molar-refractivity contribution in [1.82, 2.24) is 4.31 Å². The number of aryl methyl sites for hydroxylation is 1. The summed E-state index contributed by atoms with van der Waals surface area (Å²) in [5.74, 6) is -0.847. The van der Waals surface area contributed by atoms with Crippen LogP contribution in [0.2, 0.25) is 0 Å². The lowest BCUT2D eigenvalue weighted by Crippen LogP contribution is -2.29. The van der Waals surface area contributed by atoms with Gasteiger partial charge in [-0.2, -0.15) is 4.31 Å². The first-order valence-corrected chi connectivity index (χ1v) is 9.96. The molecule has 6 heteroatoms. The van der Waals surface area contributed by atoms with Crippen LogP contribution < -0.4 is 0 Å². The molecule has 0 bridgehead atoms. The number of hydrogen-bond donors (Lipinski definition) is 0. The molecule has 1 heterocycles. The van der Waals surface area contributed by atoms with Crippen LogP contribution in [0.25, 0.3) is 0 Å². The molecule has 0 radical (unpaired) electrons. The molecule has 1 fully saturated rings. The third-order valence-electron chi connectivity index (χ3n) is 4.83. The summed E-state index contributed by atoms with van der Waals surface area (Å²) in [6.45, 7) is 2.19. The summed E-state index contributed by atoms with van der Waals surface area (Å²) >= 11 is 0. The Hall–Kier alpha value is -2.31. The van der Waals surface area contributed by atoms with Crippen LogP contribution in [0.1, 0.15) is 22.3 Å². The molecule has 0 aromatic heterocycles. The molecule has 2 aromatic carbocycles. The van der Waals surface area contributed by atoms with Gasteiger partial charge in [0.05, 0.1) is 4.90 Å². The fraction of sp³-hybridized carbons (Fsp3) is 0.300. The zero-order valence-electron chi connectivity index (χ0n) is 14.5. The van der Waals surface area contributed by atoms with Crippen LogP contribution in [-0.4, -0.2) is 37.9 Å². The van der Waals surface area contributed by atoms with E-state index in [0.717, 1.165) is 11.8 Å². The van der Waals surface area contributed by atoms with E-state index in [1.807, 2.05) is 13.0 Å². The zero-order valence-corrected chi connectivity index (χ0v) is 15.4. The van der Waals surface area contributed by atoms with Crippen LogP contribution in [0.4, 0.5) is 0 Å². The van der Waals surface area contributed by atoms with Crippen molar-refractivity contribution in [3.05, 3.63) is 65.7 Å². The van der Waals surface area contributed by atoms with E-state index in [1.54, 1.807) is 48.5 Å². The third-order valence-corrected chi connectivity index (χ3v) is 6.68. The molecule has 26 heavy (non-hydrogen) atoms. The lowest BCUT2D eigenvalue weighted by Gasteiger charge is -2.16. The van der Waals surface area contributed by atoms with Crippen molar-refractivity contribution in [2.75, 3.05) is 13.1 Å². The molecule has 2 atom stereocenters. The van der Waals surface area contributed by atoms with Crippen molar-refractivity contribution in [2.45, 2.75) is 18.2 Å². The normalized spacial score (nSPS) is 20.8. The molecule has 0 aliphatic carbocycles. The molecule has 136 valence electrons. The van der Waals surface area contributed by atoms with Gasteiger partial charge in [-0.1, -0.05) is 48.0 Å². The second-order valence-electron chi connectivity index (χ2n) is 6.69. The minimum Gasteiger partial charge on any atom is -0.303 e. The fourth-order valence-electron chi connectivity index (χ4n) is 3.26. The van der Waals surface area contributed by atoms with Crippen LogP contribution in [0.15, 0.2) is 59.5 Å². The molecular formula is C20H21NO4S. The first-order valence-electron chi connectivity index (χ1n) is 8.52. The van der Waals surface area contributed by atoms with Crippen LogP contribution in [0.5, 0.6) is 0 Å². The van der Waals surface area contributed by atoms with Gasteiger partial charge in [0.25, 0.3) is 0 Å². The van der Waals surface area contributed by atoms with Gasteiger partial charge in [0.2, 0.25) is 10.0 Å². The lowest BCUT2D eigenvalue weighted by atomic mass is 9.90. The highest BCUT2D eigenvalue weighted by molar-refractivity contribution is 7.89. The number of sulfonamides is 1. The molecule has 2 unspecified atom stereocenters. The SMILES string of the molecule is Cc1ccc(S(=O)(=O)N2CC(C=O)C(CC(=O)c3ccccc3)C2)cc1. The summed E-state index contributed by atoms with van der Waals surface area (Å²) < 4.78 is 27.0. The Kier molecular flexibility index (Phi) is 5.34. The molecule has 2 aromatic rings. The summed E-state index contributed by atoms with van der Waals surface area (Å²) in [7, 11) is -3.67. The van der Waals surface area contributed by atoms with E-state index in [-0.39, 0.29) is 36.1 Å². The zero-order chi connectivity index (χ0) is 18.7. The van der Waals surface area contributed by atoms with Crippen molar-refractivity contribution < 1.29 is 18.0 Å². The molecular weight excluding hydrogens is 350 g/mol. The summed E-state index contributed by atoms with van der Waals surface area (Å²) in [4.78, 5) is 24.1. The number of hydrogen-bond acceptors (Lipinski definition) is 4. The Balaban J connectivity index is 1.77. The van der Waals surface area contributed by atoms with E-state index < -0.39 is 15.9 Å². The van der Waals surface area contributed by atoms with Crippen molar-refractivity contribution in [1.29, 1.82) is 0 Å². The average molecular weight is 371 g/mol. The predicted octanol–water partition coefficient (Wildman–Crippen LogP) is 2.70. The monoisotopic (exact) mass is 371 g/mol. The summed E-state index contributed by atoms with van der Waals surface area (Å²) in [5, 5.41) is 0. The number of benzene rings is 2. The highest BCUT2D eigenvalue weighted by Gasteiger charge is 2.40. The van der Waals surface area contributed by atoms with Gasteiger partial charge < -0.3 is 4.79 Å². The topological polar surface area (TPSA) is 71.5 Å². The maximum absolute atomic E-state index is 12.8. The Morgan fingerprint density at radius 2 is 1.73 bits per heavy atom. The maximum atomic E-state index is 12.8. The Morgan fingerprint density at radius 3 is 2.35 bits per heavy atom. The molecule has 1 aliphatic rings. The number of rotatable bonds is 6. The number of ketones is 1. The van der Waals surface area contributed by atoms with E-state index in [9.17, 15) is 18.0 Å². The van der Waals surface area contributed by atoms with E-state index in [1.165, 1.54) is 4.31 Å². The highest BCUT2D eigenvalue weighted by atomic mass is 32.2. The minimum atomic E-state index is -3.67. The van der Waals surface area contributed by atoms with E-state index in [0.29, 0.717) is 5.56 Å². The second kappa shape index (κ2) is 7.51. The van der Waals surface area contributed by atoms with Crippen molar-refractivity contribution in [3.8, 4) is 0 Å². The first kappa shape index (κ1) is 18.5. The molecule has 0 saturated carbocycles. The van der Waals surface area contributed by atoms with Gasteiger partial charge in [-0.05, 0) is 25.0 Å². The van der Waals surface area contributed by atoms with Gasteiger partial charge in [-0.25, -0.2) is 8.42 Å². The number of carbonyl (C=O) groups excluding carboxylic acids is 2. The fourth-order valence-corrected chi connectivity index (χ4v) is 4.80. The van der Waals surface area contributed by atoms with Crippen molar-refractivity contribution in [2.24, 2.45) is 11.8 Å². The van der Waals surface area contributed by atoms with Gasteiger partial charge in [0, 0.05) is 31.0 Å². The molecule has 0 amide bonds. The van der Waals surface area contributed by atoms with Crippen molar-refractivity contribution >= 4 is 22.1 Å². The summed E-state index contributed by atoms with van der Waals surface area (Å²) in [5.41, 5.74) is 1.56. The standard InChI is InChI=1S/C20H21NO4S/c1-15-7-9-19(10-8-15)26(24,25)21-12-17(18(13-21)14-22)11-20(23)16-5-3-2-4-6-16/h2-10,14,17-18H,11-13H2,1H3. The predicted molar refractivity (Wildman–Crippen MR) is 98.4 cm³/mol. The molecule has 1 aliphatic heterocycles. The third kappa shape index (κ3) is 3.76. The smallest absolute Gasteiger partial charge is 0.243 e. The van der Waals surface area contributed by atoms with E-state index in [2.05, 4.69) is 0 Å². The Labute approximate surface area is 153 Å². The van der Waals surface area contributed by atoms with Gasteiger partial charge in [0.1, 0.15) is 6.29 Å². The van der Waals surface area contributed by atoms with Crippen LogP contribution in [0, 0.1) is 18.8 Å². The van der Waals surface area contributed by atoms with Gasteiger partial charge in [-0.3, -0.25) is 4.79 Å². The van der Waals surface area contributed by atoms with Gasteiger partial charge >= 0.3 is 0 Å². The van der Waals surface area contributed by atoms with E-state index >= 15 is 0 Å². The summed E-state index contributed by atoms with van der Waals surface area (Å²) in [6.07, 6.45) is 0.931. The quantitative estimate of drug-likeness (QED) is 0.578. The first-order chi connectivity index (χ1) is 12.4. The summed E-state index contributed by atoms with van der Waals surface area (Å²) in [6, 6.07) is 15.5. The highest BCUT2D eigenvalue weighted by Crippen LogP contribution is 2.30. The average Bonchev–Trinajstić information content (AvgIpc) is 3.06.